The molecule has 0 radical (unpaired) electrons. The molecule has 0 rings (SSSR count). The maximum atomic E-state index is 11.2. The van der Waals surface area contributed by atoms with Crippen LogP contribution in [0.15, 0.2) is 0 Å². The van der Waals surface area contributed by atoms with E-state index in [1.165, 1.54) is 6.92 Å². The maximum Gasteiger partial charge on any atom is 0.227 e. The van der Waals surface area contributed by atoms with E-state index in [-0.39, 0.29) is 23.5 Å². The van der Waals surface area contributed by atoms with Crippen molar-refractivity contribution in [2.45, 2.75) is 27.2 Å². The second kappa shape index (κ2) is 5.85. The van der Waals surface area contributed by atoms with Gasteiger partial charge in [0.25, 0.3) is 0 Å². The van der Waals surface area contributed by atoms with E-state index < -0.39 is 0 Å². The van der Waals surface area contributed by atoms with Crippen LogP contribution in [-0.2, 0) is 9.59 Å². The van der Waals surface area contributed by atoms with Gasteiger partial charge < -0.3 is 10.2 Å². The average Bonchev–Trinajstić information content (AvgIpc) is 1.97. The molecule has 4 nitrogen and oxygen atoms in total. The van der Waals surface area contributed by atoms with E-state index in [1.807, 2.05) is 14.1 Å². The molecule has 1 amide bonds. The van der Waals surface area contributed by atoms with Gasteiger partial charge in [0, 0.05) is 13.1 Å². The SMILES string of the molecule is CC(=O)CC(=O)NCC(C)(C)CN(C)C. The molecule has 0 spiro atoms. The smallest absolute Gasteiger partial charge is 0.227 e. The van der Waals surface area contributed by atoms with Gasteiger partial charge in [-0.3, -0.25) is 9.59 Å². The van der Waals surface area contributed by atoms with Crippen LogP contribution in [0.5, 0.6) is 0 Å². The van der Waals surface area contributed by atoms with Gasteiger partial charge in [-0.2, -0.15) is 0 Å². The summed E-state index contributed by atoms with van der Waals surface area (Å²) in [6.45, 7) is 7.08. The van der Waals surface area contributed by atoms with Crippen LogP contribution in [0.25, 0.3) is 0 Å². The standard InChI is InChI=1S/C11H22N2O2/c1-9(14)6-10(15)12-7-11(2,3)8-13(4)5/h6-8H2,1-5H3,(H,12,15). The number of hydrogen-bond donors (Lipinski definition) is 1. The first-order valence-electron chi connectivity index (χ1n) is 5.14. The number of nitrogens with zero attached hydrogens (tertiary/aromatic N) is 1. The summed E-state index contributed by atoms with van der Waals surface area (Å²) in [4.78, 5) is 24.0. The Morgan fingerprint density at radius 3 is 2.20 bits per heavy atom. The number of carbonyl (C=O) groups is 2. The molecule has 0 unspecified atom stereocenters. The number of rotatable bonds is 6. The Balaban J connectivity index is 3.92. The van der Waals surface area contributed by atoms with Gasteiger partial charge in [0.1, 0.15) is 5.78 Å². The van der Waals surface area contributed by atoms with Gasteiger partial charge in [0.15, 0.2) is 0 Å². The lowest BCUT2D eigenvalue weighted by Crippen LogP contribution is -2.40. The second-order valence-electron chi connectivity index (χ2n) is 5.06. The van der Waals surface area contributed by atoms with Crippen molar-refractivity contribution in [3.05, 3.63) is 0 Å². The Labute approximate surface area is 92.0 Å². The van der Waals surface area contributed by atoms with E-state index in [0.29, 0.717) is 6.54 Å². The predicted octanol–water partition coefficient (Wildman–Crippen LogP) is 0.670. The molecule has 0 aromatic heterocycles. The summed E-state index contributed by atoms with van der Waals surface area (Å²) >= 11 is 0. The van der Waals surface area contributed by atoms with Gasteiger partial charge in [-0.1, -0.05) is 13.8 Å². The van der Waals surface area contributed by atoms with Crippen molar-refractivity contribution in [2.75, 3.05) is 27.2 Å². The summed E-state index contributed by atoms with van der Waals surface area (Å²) in [5.41, 5.74) is 0.0238. The van der Waals surface area contributed by atoms with E-state index in [4.69, 9.17) is 0 Å². The van der Waals surface area contributed by atoms with Gasteiger partial charge in [-0.25, -0.2) is 0 Å². The molecule has 88 valence electrons. The van der Waals surface area contributed by atoms with Gasteiger partial charge in [-0.05, 0) is 26.4 Å². The first-order valence-corrected chi connectivity index (χ1v) is 5.14. The third kappa shape index (κ3) is 8.12. The molecular formula is C11H22N2O2. The monoisotopic (exact) mass is 214 g/mol. The van der Waals surface area contributed by atoms with Crippen LogP contribution in [0, 0.1) is 5.41 Å². The van der Waals surface area contributed by atoms with Crippen molar-refractivity contribution in [3.63, 3.8) is 0 Å². The fraction of sp³-hybridized carbons (Fsp3) is 0.818. The highest BCUT2D eigenvalue weighted by Crippen LogP contribution is 2.13. The normalized spacial score (nSPS) is 11.6. The predicted molar refractivity (Wildman–Crippen MR) is 60.6 cm³/mol. The first-order chi connectivity index (χ1) is 6.73. The number of Topliss-reactive ketones (excluding diaryl/α,β-unsaturated/α-hetero) is 1. The van der Waals surface area contributed by atoms with Crippen LogP contribution in [0.2, 0.25) is 0 Å². The Morgan fingerprint density at radius 2 is 1.80 bits per heavy atom. The molecule has 0 bridgehead atoms. The van der Waals surface area contributed by atoms with Gasteiger partial charge in [-0.15, -0.1) is 0 Å². The van der Waals surface area contributed by atoms with E-state index in [0.717, 1.165) is 6.54 Å². The van der Waals surface area contributed by atoms with Gasteiger partial charge >= 0.3 is 0 Å². The second-order valence-corrected chi connectivity index (χ2v) is 5.06. The van der Waals surface area contributed by atoms with Crippen LogP contribution in [0.3, 0.4) is 0 Å². The Kier molecular flexibility index (Phi) is 5.50. The van der Waals surface area contributed by atoms with Crippen LogP contribution in [0.1, 0.15) is 27.2 Å². The van der Waals surface area contributed by atoms with E-state index in [1.54, 1.807) is 0 Å². The molecule has 0 saturated carbocycles. The number of hydrogen-bond acceptors (Lipinski definition) is 3. The molecule has 0 aliphatic heterocycles. The fourth-order valence-corrected chi connectivity index (χ4v) is 1.54. The molecule has 0 aromatic rings. The van der Waals surface area contributed by atoms with E-state index >= 15 is 0 Å². The Bertz CT molecular complexity index is 235. The minimum atomic E-state index is -0.186. The summed E-state index contributed by atoms with van der Waals surface area (Å²) < 4.78 is 0. The Hall–Kier alpha value is -0.900. The quantitative estimate of drug-likeness (QED) is 0.661. The van der Waals surface area contributed by atoms with Crippen molar-refractivity contribution in [1.82, 2.24) is 10.2 Å². The van der Waals surface area contributed by atoms with Crippen LogP contribution < -0.4 is 5.32 Å². The van der Waals surface area contributed by atoms with E-state index in [2.05, 4.69) is 24.1 Å². The minimum Gasteiger partial charge on any atom is -0.355 e. The van der Waals surface area contributed by atoms with Crippen LogP contribution in [0.4, 0.5) is 0 Å². The molecule has 0 heterocycles. The maximum absolute atomic E-state index is 11.2. The van der Waals surface area contributed by atoms with E-state index in [9.17, 15) is 9.59 Å². The lowest BCUT2D eigenvalue weighted by atomic mass is 9.93. The molecule has 0 aliphatic rings. The molecule has 0 saturated heterocycles. The number of amides is 1. The zero-order valence-corrected chi connectivity index (χ0v) is 10.4. The zero-order valence-electron chi connectivity index (χ0n) is 10.4. The van der Waals surface area contributed by atoms with Crippen molar-refractivity contribution < 1.29 is 9.59 Å². The molecule has 1 N–H and O–H groups in total. The van der Waals surface area contributed by atoms with Crippen LogP contribution >= 0.6 is 0 Å². The lowest BCUT2D eigenvalue weighted by Gasteiger charge is -2.28. The molecule has 0 aromatic carbocycles. The van der Waals surface area contributed by atoms with Gasteiger partial charge in [0.2, 0.25) is 5.91 Å². The number of ketones is 1. The highest BCUT2D eigenvalue weighted by atomic mass is 16.2. The average molecular weight is 214 g/mol. The highest BCUT2D eigenvalue weighted by molar-refractivity contribution is 5.96. The largest absolute Gasteiger partial charge is 0.355 e. The minimum absolute atomic E-state index is 0.0158. The molecule has 15 heavy (non-hydrogen) atoms. The topological polar surface area (TPSA) is 49.4 Å². The fourth-order valence-electron chi connectivity index (χ4n) is 1.54. The summed E-state index contributed by atoms with van der Waals surface area (Å²) in [6, 6.07) is 0. The summed E-state index contributed by atoms with van der Waals surface area (Å²) in [5, 5.41) is 2.77. The van der Waals surface area contributed by atoms with Crippen LogP contribution in [-0.4, -0.2) is 43.8 Å². The highest BCUT2D eigenvalue weighted by Gasteiger charge is 2.19. The molecular weight excluding hydrogens is 192 g/mol. The number of nitrogens with one attached hydrogen (secondary N) is 1. The number of carbonyl (C=O) groups excluding carboxylic acids is 2. The lowest BCUT2D eigenvalue weighted by molar-refractivity contribution is -0.127. The Morgan fingerprint density at radius 1 is 1.27 bits per heavy atom. The molecule has 0 aliphatic carbocycles. The van der Waals surface area contributed by atoms with Crippen molar-refractivity contribution in [2.24, 2.45) is 5.41 Å². The summed E-state index contributed by atoms with van der Waals surface area (Å²) in [7, 11) is 4.00. The third-order valence-corrected chi connectivity index (χ3v) is 1.92. The summed E-state index contributed by atoms with van der Waals surface area (Å²) in [5.74, 6) is -0.285. The molecule has 0 fully saturated rings. The van der Waals surface area contributed by atoms with Crippen molar-refractivity contribution >= 4 is 11.7 Å². The first kappa shape index (κ1) is 14.1. The molecule has 0 atom stereocenters. The zero-order chi connectivity index (χ0) is 12.1. The molecule has 4 heteroatoms. The van der Waals surface area contributed by atoms with Crippen molar-refractivity contribution in [1.29, 1.82) is 0 Å². The van der Waals surface area contributed by atoms with Crippen molar-refractivity contribution in [3.8, 4) is 0 Å². The third-order valence-electron chi connectivity index (χ3n) is 1.92. The summed E-state index contributed by atoms with van der Waals surface area (Å²) in [6.07, 6.45) is -0.0158. The van der Waals surface area contributed by atoms with Gasteiger partial charge in [0.05, 0.1) is 6.42 Å².